The molecule has 1 saturated carbocycles. The highest BCUT2D eigenvalue weighted by Crippen LogP contribution is 2.36. The van der Waals surface area contributed by atoms with Crippen molar-refractivity contribution in [2.75, 3.05) is 12.4 Å². The van der Waals surface area contributed by atoms with Crippen LogP contribution in [0.5, 0.6) is 0 Å². The molecule has 1 aromatic heterocycles. The van der Waals surface area contributed by atoms with E-state index in [4.69, 9.17) is 5.11 Å². The predicted molar refractivity (Wildman–Crippen MR) is 128 cm³/mol. The normalized spacial score (nSPS) is 15.0. The fraction of sp³-hybridized carbons (Fsp3) is 0.370. The first-order valence-corrected chi connectivity index (χ1v) is 13.2. The quantitative estimate of drug-likeness (QED) is 0.504. The molecule has 2 aromatic carbocycles. The van der Waals surface area contributed by atoms with Crippen molar-refractivity contribution < 1.29 is 13.5 Å². The van der Waals surface area contributed by atoms with E-state index in [-0.39, 0.29) is 17.3 Å². The topological polar surface area (TPSA) is 67.3 Å². The smallest absolute Gasteiger partial charge is 0.180 e. The van der Waals surface area contributed by atoms with Crippen molar-refractivity contribution in [1.82, 2.24) is 4.98 Å². The third-order valence-electron chi connectivity index (χ3n) is 6.47. The van der Waals surface area contributed by atoms with Crippen LogP contribution >= 0.6 is 0 Å². The SMILES string of the molecule is O=S(=O)(CCO)c1ccc(-c2ccc(C3CCCCC3)c(CCc3ccccn3)c2)cc1. The summed E-state index contributed by atoms with van der Waals surface area (Å²) >= 11 is 0. The van der Waals surface area contributed by atoms with E-state index in [1.165, 1.54) is 43.2 Å². The van der Waals surface area contributed by atoms with Crippen molar-refractivity contribution in [1.29, 1.82) is 0 Å². The summed E-state index contributed by atoms with van der Waals surface area (Å²) in [6, 6.07) is 19.8. The molecule has 5 heteroatoms. The lowest BCUT2D eigenvalue weighted by Crippen LogP contribution is -2.10. The number of aliphatic hydroxyl groups excluding tert-OH is 1. The number of hydrogen-bond donors (Lipinski definition) is 1. The summed E-state index contributed by atoms with van der Waals surface area (Å²) in [6.07, 6.45) is 10.2. The number of nitrogens with zero attached hydrogens (tertiary/aromatic N) is 1. The van der Waals surface area contributed by atoms with Gasteiger partial charge in [0.05, 0.1) is 17.3 Å². The van der Waals surface area contributed by atoms with Gasteiger partial charge in [-0.2, -0.15) is 0 Å². The van der Waals surface area contributed by atoms with Crippen LogP contribution in [0.3, 0.4) is 0 Å². The van der Waals surface area contributed by atoms with Gasteiger partial charge in [0, 0.05) is 11.9 Å². The molecule has 0 amide bonds. The molecule has 1 aliphatic rings. The highest BCUT2D eigenvalue weighted by atomic mass is 32.2. The van der Waals surface area contributed by atoms with Crippen molar-refractivity contribution in [3.63, 3.8) is 0 Å². The summed E-state index contributed by atoms with van der Waals surface area (Å²) < 4.78 is 24.4. The van der Waals surface area contributed by atoms with Crippen LogP contribution in [-0.4, -0.2) is 30.9 Å². The molecule has 1 heterocycles. The Hall–Kier alpha value is -2.50. The van der Waals surface area contributed by atoms with Gasteiger partial charge in [0.15, 0.2) is 9.84 Å². The summed E-state index contributed by atoms with van der Waals surface area (Å²) in [4.78, 5) is 4.74. The minimum atomic E-state index is -3.43. The zero-order valence-electron chi connectivity index (χ0n) is 18.4. The van der Waals surface area contributed by atoms with Crippen molar-refractivity contribution in [2.24, 2.45) is 0 Å². The van der Waals surface area contributed by atoms with Crippen LogP contribution in [0.15, 0.2) is 71.8 Å². The Morgan fingerprint density at radius 1 is 0.875 bits per heavy atom. The largest absolute Gasteiger partial charge is 0.395 e. The van der Waals surface area contributed by atoms with E-state index >= 15 is 0 Å². The van der Waals surface area contributed by atoms with Gasteiger partial charge >= 0.3 is 0 Å². The number of aliphatic hydroxyl groups is 1. The second kappa shape index (κ2) is 10.4. The zero-order chi connectivity index (χ0) is 22.4. The standard InChI is InChI=1S/C27H31NO3S/c29-18-19-32(30,31)26-14-10-21(11-15-26)23-12-16-27(22-6-2-1-3-7-22)24(20-23)9-13-25-8-4-5-17-28-25/h4-5,8,10-12,14-17,20,22,29H,1-3,6-7,9,13,18-19H2. The Bertz CT molecular complexity index is 1120. The molecule has 0 atom stereocenters. The molecule has 4 rings (SSSR count). The maximum absolute atomic E-state index is 12.2. The average molecular weight is 450 g/mol. The van der Waals surface area contributed by atoms with Crippen LogP contribution in [0.2, 0.25) is 0 Å². The maximum Gasteiger partial charge on any atom is 0.180 e. The minimum absolute atomic E-state index is 0.250. The molecule has 1 aliphatic carbocycles. The molecule has 0 saturated heterocycles. The molecule has 32 heavy (non-hydrogen) atoms. The number of rotatable bonds is 8. The van der Waals surface area contributed by atoms with Gasteiger partial charge in [0.25, 0.3) is 0 Å². The van der Waals surface area contributed by atoms with E-state index in [1.807, 2.05) is 30.5 Å². The number of pyridine rings is 1. The van der Waals surface area contributed by atoms with Crippen molar-refractivity contribution in [2.45, 2.75) is 55.8 Å². The van der Waals surface area contributed by atoms with E-state index in [0.717, 1.165) is 29.7 Å². The zero-order valence-corrected chi connectivity index (χ0v) is 19.2. The Morgan fingerprint density at radius 3 is 2.31 bits per heavy atom. The first-order valence-electron chi connectivity index (χ1n) is 11.5. The van der Waals surface area contributed by atoms with Crippen LogP contribution < -0.4 is 0 Å². The molecule has 0 radical (unpaired) electrons. The lowest BCUT2D eigenvalue weighted by molar-refractivity contribution is 0.319. The van der Waals surface area contributed by atoms with Gasteiger partial charge in [-0.3, -0.25) is 4.98 Å². The summed E-state index contributed by atoms with van der Waals surface area (Å²) in [7, 11) is -3.43. The summed E-state index contributed by atoms with van der Waals surface area (Å²) in [6.45, 7) is -0.369. The average Bonchev–Trinajstić information content (AvgIpc) is 2.84. The first-order chi connectivity index (χ1) is 15.6. The van der Waals surface area contributed by atoms with Crippen molar-refractivity contribution in [3.8, 4) is 11.1 Å². The van der Waals surface area contributed by atoms with Crippen LogP contribution in [0.1, 0.15) is 54.8 Å². The van der Waals surface area contributed by atoms with Gasteiger partial charge in [0.1, 0.15) is 0 Å². The third-order valence-corrected chi connectivity index (χ3v) is 8.18. The van der Waals surface area contributed by atoms with E-state index in [1.54, 1.807) is 12.1 Å². The molecule has 0 bridgehead atoms. The van der Waals surface area contributed by atoms with Crippen LogP contribution in [0, 0.1) is 0 Å². The van der Waals surface area contributed by atoms with Crippen molar-refractivity contribution >= 4 is 9.84 Å². The Balaban J connectivity index is 1.62. The molecule has 0 aliphatic heterocycles. The Kier molecular flexibility index (Phi) is 7.38. The van der Waals surface area contributed by atoms with E-state index in [0.29, 0.717) is 5.92 Å². The Labute approximate surface area is 191 Å². The molecular weight excluding hydrogens is 418 g/mol. The van der Waals surface area contributed by atoms with Crippen molar-refractivity contribution in [3.05, 3.63) is 83.7 Å². The molecule has 1 N–H and O–H groups in total. The molecule has 1 fully saturated rings. The van der Waals surface area contributed by atoms with Crippen LogP contribution in [-0.2, 0) is 22.7 Å². The highest BCUT2D eigenvalue weighted by Gasteiger charge is 2.19. The molecule has 4 nitrogen and oxygen atoms in total. The monoisotopic (exact) mass is 449 g/mol. The number of aryl methyl sites for hydroxylation is 2. The van der Waals surface area contributed by atoms with Crippen LogP contribution in [0.25, 0.3) is 11.1 Å². The maximum atomic E-state index is 12.2. The lowest BCUT2D eigenvalue weighted by Gasteiger charge is -2.25. The fourth-order valence-corrected chi connectivity index (χ4v) is 5.74. The predicted octanol–water partition coefficient (Wildman–Crippen LogP) is 5.35. The summed E-state index contributed by atoms with van der Waals surface area (Å²) in [5.74, 6) is 0.377. The third kappa shape index (κ3) is 5.45. The summed E-state index contributed by atoms with van der Waals surface area (Å²) in [5.41, 5.74) is 6.04. The molecule has 0 unspecified atom stereocenters. The second-order valence-corrected chi connectivity index (χ2v) is 10.7. The van der Waals surface area contributed by atoms with E-state index < -0.39 is 9.84 Å². The molecular formula is C27H31NO3S. The number of benzene rings is 2. The highest BCUT2D eigenvalue weighted by molar-refractivity contribution is 7.91. The van der Waals surface area contributed by atoms with Gasteiger partial charge in [-0.05, 0) is 78.1 Å². The number of aromatic nitrogens is 1. The van der Waals surface area contributed by atoms with Gasteiger partial charge in [-0.1, -0.05) is 55.7 Å². The van der Waals surface area contributed by atoms with Gasteiger partial charge in [-0.15, -0.1) is 0 Å². The lowest BCUT2D eigenvalue weighted by atomic mass is 9.80. The summed E-state index contributed by atoms with van der Waals surface area (Å²) in [5, 5.41) is 9.01. The Morgan fingerprint density at radius 2 is 1.62 bits per heavy atom. The van der Waals surface area contributed by atoms with Gasteiger partial charge in [-0.25, -0.2) is 8.42 Å². The fourth-order valence-electron chi connectivity index (χ4n) is 4.72. The number of hydrogen-bond acceptors (Lipinski definition) is 4. The second-order valence-electron chi connectivity index (χ2n) is 8.64. The molecule has 168 valence electrons. The molecule has 3 aromatic rings. The van der Waals surface area contributed by atoms with E-state index in [9.17, 15) is 8.42 Å². The number of sulfone groups is 1. The van der Waals surface area contributed by atoms with Gasteiger partial charge < -0.3 is 5.11 Å². The van der Waals surface area contributed by atoms with Gasteiger partial charge in [0.2, 0.25) is 0 Å². The minimum Gasteiger partial charge on any atom is -0.395 e. The van der Waals surface area contributed by atoms with E-state index in [2.05, 4.69) is 29.2 Å². The first kappa shape index (κ1) is 22.7. The molecule has 0 spiro atoms. The van der Waals surface area contributed by atoms with Crippen LogP contribution in [0.4, 0.5) is 0 Å².